The van der Waals surface area contributed by atoms with E-state index in [1.165, 1.54) is 4.90 Å². The molecular weight excluding hydrogens is 226 g/mol. The predicted molar refractivity (Wildman–Crippen MR) is 69.2 cm³/mol. The Balaban J connectivity index is 2.11. The fourth-order valence-electron chi connectivity index (χ4n) is 2.10. The maximum atomic E-state index is 12.1. The Labute approximate surface area is 107 Å². The lowest BCUT2D eigenvalue weighted by Crippen LogP contribution is -2.30. The Morgan fingerprint density at radius 1 is 1.17 bits per heavy atom. The van der Waals surface area contributed by atoms with Crippen LogP contribution in [0.4, 0.5) is 0 Å². The van der Waals surface area contributed by atoms with E-state index < -0.39 is 0 Å². The van der Waals surface area contributed by atoms with Crippen molar-refractivity contribution in [3.8, 4) is 12.3 Å². The Hall–Kier alpha value is -2.08. The van der Waals surface area contributed by atoms with Gasteiger partial charge in [-0.05, 0) is 31.9 Å². The van der Waals surface area contributed by atoms with Crippen LogP contribution >= 0.6 is 0 Å². The molecule has 0 fully saturated rings. The van der Waals surface area contributed by atoms with Gasteiger partial charge in [-0.15, -0.1) is 12.3 Å². The zero-order chi connectivity index (χ0) is 13.1. The van der Waals surface area contributed by atoms with Crippen LogP contribution in [0.3, 0.4) is 0 Å². The van der Waals surface area contributed by atoms with Crippen LogP contribution in [0.15, 0.2) is 18.2 Å². The highest BCUT2D eigenvalue weighted by Gasteiger charge is 2.34. The number of hydrogen-bond acceptors (Lipinski definition) is 2. The molecule has 1 aromatic rings. The lowest BCUT2D eigenvalue weighted by Gasteiger charge is -2.12. The van der Waals surface area contributed by atoms with Crippen molar-refractivity contribution in [2.24, 2.45) is 0 Å². The Morgan fingerprint density at radius 3 is 2.61 bits per heavy atom. The second kappa shape index (κ2) is 5.05. The van der Waals surface area contributed by atoms with Gasteiger partial charge in [-0.2, -0.15) is 0 Å². The summed E-state index contributed by atoms with van der Waals surface area (Å²) in [6.45, 7) is 2.36. The highest BCUT2D eigenvalue weighted by Crippen LogP contribution is 2.24. The Morgan fingerprint density at radius 2 is 1.89 bits per heavy atom. The summed E-state index contributed by atoms with van der Waals surface area (Å²) >= 11 is 0. The standard InChI is InChI=1S/C15H15NO2/c1-3-4-5-6-9-16-14(17)12-8-7-11(2)10-13(12)15(16)18/h1,7-8,10H,4-6,9H2,2H3. The maximum Gasteiger partial charge on any atom is 0.261 e. The lowest BCUT2D eigenvalue weighted by atomic mass is 10.1. The molecule has 0 aromatic heterocycles. The zero-order valence-electron chi connectivity index (χ0n) is 10.4. The summed E-state index contributed by atoms with van der Waals surface area (Å²) in [6.07, 6.45) is 7.44. The highest BCUT2D eigenvalue weighted by atomic mass is 16.2. The molecule has 1 aliphatic rings. The molecule has 0 N–H and O–H groups in total. The number of rotatable bonds is 4. The van der Waals surface area contributed by atoms with E-state index in [2.05, 4.69) is 5.92 Å². The molecule has 1 aromatic carbocycles. The molecule has 3 heteroatoms. The van der Waals surface area contributed by atoms with Crippen LogP contribution < -0.4 is 0 Å². The molecule has 92 valence electrons. The van der Waals surface area contributed by atoms with Gasteiger partial charge in [0.05, 0.1) is 11.1 Å². The maximum absolute atomic E-state index is 12.1. The van der Waals surface area contributed by atoms with E-state index in [1.54, 1.807) is 12.1 Å². The molecule has 0 unspecified atom stereocenters. The molecule has 0 bridgehead atoms. The zero-order valence-corrected chi connectivity index (χ0v) is 10.4. The first-order chi connectivity index (χ1) is 8.65. The van der Waals surface area contributed by atoms with Crippen LogP contribution in [0.25, 0.3) is 0 Å². The van der Waals surface area contributed by atoms with Gasteiger partial charge in [-0.3, -0.25) is 14.5 Å². The van der Waals surface area contributed by atoms with Gasteiger partial charge >= 0.3 is 0 Å². The highest BCUT2D eigenvalue weighted by molar-refractivity contribution is 6.21. The van der Waals surface area contributed by atoms with Crippen molar-refractivity contribution in [1.82, 2.24) is 4.90 Å². The molecule has 0 atom stereocenters. The van der Waals surface area contributed by atoms with E-state index in [1.807, 2.05) is 13.0 Å². The molecule has 0 spiro atoms. The topological polar surface area (TPSA) is 37.4 Å². The van der Waals surface area contributed by atoms with Gasteiger partial charge in [0.1, 0.15) is 0 Å². The summed E-state index contributed by atoms with van der Waals surface area (Å²) in [5.74, 6) is 2.19. The van der Waals surface area contributed by atoms with Crippen LogP contribution in [0.2, 0.25) is 0 Å². The molecule has 0 saturated heterocycles. The van der Waals surface area contributed by atoms with Crippen LogP contribution in [0.1, 0.15) is 45.5 Å². The van der Waals surface area contributed by atoms with Crippen molar-refractivity contribution in [2.45, 2.75) is 26.2 Å². The summed E-state index contributed by atoms with van der Waals surface area (Å²) in [5.41, 5.74) is 2.03. The molecule has 2 amide bonds. The van der Waals surface area contributed by atoms with E-state index in [-0.39, 0.29) is 11.8 Å². The first-order valence-electron chi connectivity index (χ1n) is 6.05. The van der Waals surface area contributed by atoms with Crippen molar-refractivity contribution < 1.29 is 9.59 Å². The molecule has 18 heavy (non-hydrogen) atoms. The number of terminal acetylenes is 1. The third kappa shape index (κ3) is 2.14. The quantitative estimate of drug-likeness (QED) is 0.461. The third-order valence-electron chi connectivity index (χ3n) is 3.08. The second-order valence-corrected chi connectivity index (χ2v) is 4.47. The number of imide groups is 1. The summed E-state index contributed by atoms with van der Waals surface area (Å²) in [4.78, 5) is 25.5. The van der Waals surface area contributed by atoms with E-state index in [9.17, 15) is 9.59 Å². The molecule has 2 rings (SSSR count). The molecular formula is C15H15NO2. The fraction of sp³-hybridized carbons (Fsp3) is 0.333. The number of fused-ring (bicyclic) bond motifs is 1. The normalized spacial score (nSPS) is 13.7. The van der Waals surface area contributed by atoms with Gasteiger partial charge in [0.2, 0.25) is 0 Å². The van der Waals surface area contributed by atoms with Crippen LogP contribution in [-0.4, -0.2) is 23.3 Å². The fourth-order valence-corrected chi connectivity index (χ4v) is 2.10. The summed E-state index contributed by atoms with van der Waals surface area (Å²) in [7, 11) is 0. The number of hydrogen-bond donors (Lipinski definition) is 0. The van der Waals surface area contributed by atoms with E-state index in [0.717, 1.165) is 18.4 Å². The van der Waals surface area contributed by atoms with Crippen molar-refractivity contribution in [3.63, 3.8) is 0 Å². The summed E-state index contributed by atoms with van der Waals surface area (Å²) < 4.78 is 0. The molecule has 1 aliphatic heterocycles. The number of nitrogens with zero attached hydrogens (tertiary/aromatic N) is 1. The van der Waals surface area contributed by atoms with Crippen molar-refractivity contribution in [1.29, 1.82) is 0 Å². The van der Waals surface area contributed by atoms with Crippen LogP contribution in [0.5, 0.6) is 0 Å². The minimum Gasteiger partial charge on any atom is -0.274 e. The largest absolute Gasteiger partial charge is 0.274 e. The number of amides is 2. The number of unbranched alkanes of at least 4 members (excludes halogenated alkanes) is 2. The summed E-state index contributed by atoms with van der Waals surface area (Å²) in [5, 5.41) is 0. The molecule has 0 aliphatic carbocycles. The molecule has 1 heterocycles. The van der Waals surface area contributed by atoms with E-state index >= 15 is 0 Å². The lowest BCUT2D eigenvalue weighted by molar-refractivity contribution is 0.0652. The Kier molecular flexibility index (Phi) is 3.47. The van der Waals surface area contributed by atoms with Gasteiger partial charge in [0.15, 0.2) is 0 Å². The van der Waals surface area contributed by atoms with E-state index in [0.29, 0.717) is 24.1 Å². The first kappa shape index (κ1) is 12.4. The first-order valence-corrected chi connectivity index (χ1v) is 6.05. The monoisotopic (exact) mass is 241 g/mol. The number of carbonyl (C=O) groups excluding carboxylic acids is 2. The minimum absolute atomic E-state index is 0.181. The molecule has 3 nitrogen and oxygen atoms in total. The van der Waals surface area contributed by atoms with Gasteiger partial charge < -0.3 is 0 Å². The number of aryl methyl sites for hydroxylation is 1. The number of benzene rings is 1. The van der Waals surface area contributed by atoms with Gasteiger partial charge in [-0.25, -0.2) is 0 Å². The average molecular weight is 241 g/mol. The average Bonchev–Trinajstić information content (AvgIpc) is 2.59. The van der Waals surface area contributed by atoms with Crippen molar-refractivity contribution in [3.05, 3.63) is 34.9 Å². The molecule has 0 saturated carbocycles. The predicted octanol–water partition coefficient (Wildman–Crippen LogP) is 2.39. The Bertz CT molecular complexity index is 540. The third-order valence-corrected chi connectivity index (χ3v) is 3.08. The number of carbonyl (C=O) groups is 2. The van der Waals surface area contributed by atoms with Crippen LogP contribution in [-0.2, 0) is 0 Å². The van der Waals surface area contributed by atoms with Crippen molar-refractivity contribution >= 4 is 11.8 Å². The minimum atomic E-state index is -0.185. The van der Waals surface area contributed by atoms with Crippen LogP contribution in [0, 0.1) is 19.3 Å². The molecule has 0 radical (unpaired) electrons. The second-order valence-electron chi connectivity index (χ2n) is 4.47. The van der Waals surface area contributed by atoms with Gasteiger partial charge in [0, 0.05) is 13.0 Å². The SMILES string of the molecule is C#CCCCCN1C(=O)c2ccc(C)cc2C1=O. The van der Waals surface area contributed by atoms with Gasteiger partial charge in [-0.1, -0.05) is 11.6 Å². The summed E-state index contributed by atoms with van der Waals surface area (Å²) in [6, 6.07) is 5.36. The van der Waals surface area contributed by atoms with Gasteiger partial charge in [0.25, 0.3) is 11.8 Å². The van der Waals surface area contributed by atoms with E-state index in [4.69, 9.17) is 6.42 Å². The van der Waals surface area contributed by atoms with Crippen molar-refractivity contribution in [2.75, 3.05) is 6.54 Å². The smallest absolute Gasteiger partial charge is 0.261 e.